The van der Waals surface area contributed by atoms with Crippen LogP contribution in [0.25, 0.3) is 11.1 Å². The maximum absolute atomic E-state index is 12.5. The monoisotopic (exact) mass is 358 g/mol. The van der Waals surface area contributed by atoms with Crippen molar-refractivity contribution in [3.63, 3.8) is 0 Å². The zero-order valence-corrected chi connectivity index (χ0v) is 12.5. The van der Waals surface area contributed by atoms with Gasteiger partial charge in [0, 0.05) is 11.8 Å². The number of halogens is 3. The first-order valence-corrected chi connectivity index (χ1v) is 7.96. The van der Waals surface area contributed by atoms with Crippen LogP contribution in [0.15, 0.2) is 56.6 Å². The zero-order chi connectivity index (χ0) is 17.5. The van der Waals surface area contributed by atoms with Gasteiger partial charge in [-0.15, -0.1) is 0 Å². The van der Waals surface area contributed by atoms with Crippen LogP contribution >= 0.6 is 0 Å². The molecule has 126 valence electrons. The first-order valence-electron chi connectivity index (χ1n) is 6.48. The largest absolute Gasteiger partial charge is 0.417 e. The van der Waals surface area contributed by atoms with Crippen LogP contribution in [-0.2, 0) is 16.2 Å². The smallest absolute Gasteiger partial charge is 0.408 e. The number of sulfonamides is 1. The maximum atomic E-state index is 12.5. The van der Waals surface area contributed by atoms with E-state index in [1.165, 1.54) is 12.1 Å². The molecule has 0 aliphatic rings. The molecule has 0 radical (unpaired) electrons. The Balaban J connectivity index is 1.90. The molecule has 0 unspecified atom stereocenters. The number of rotatable bonds is 3. The number of alkyl halides is 3. The second-order valence-corrected chi connectivity index (χ2v) is 6.54. The summed E-state index contributed by atoms with van der Waals surface area (Å²) in [6, 6.07) is 7.28. The SMILES string of the molecule is O=c1[nH]c2ccc(S(=O)(=O)Nc3ccc(C(F)(F)F)cc3)cc2o1. The summed E-state index contributed by atoms with van der Waals surface area (Å²) in [7, 11) is -4.05. The summed E-state index contributed by atoms with van der Waals surface area (Å²) in [5, 5.41) is 0. The predicted octanol–water partition coefficient (Wildman–Crippen LogP) is 2.94. The lowest BCUT2D eigenvalue weighted by atomic mass is 10.2. The summed E-state index contributed by atoms with van der Waals surface area (Å²) >= 11 is 0. The molecule has 1 heterocycles. The third-order valence-corrected chi connectivity index (χ3v) is 4.55. The summed E-state index contributed by atoms with van der Waals surface area (Å²) in [4.78, 5) is 13.2. The van der Waals surface area contributed by atoms with Crippen molar-refractivity contribution < 1.29 is 26.0 Å². The summed E-state index contributed by atoms with van der Waals surface area (Å²) < 4.78 is 69.0. The molecular formula is C14H9F3N2O4S. The molecule has 10 heteroatoms. The third kappa shape index (κ3) is 3.13. The molecule has 2 N–H and O–H groups in total. The molecule has 3 aromatic rings. The van der Waals surface area contributed by atoms with Gasteiger partial charge in [-0.05, 0) is 36.4 Å². The Morgan fingerprint density at radius 3 is 2.33 bits per heavy atom. The van der Waals surface area contributed by atoms with Crippen molar-refractivity contribution in [3.05, 3.63) is 58.6 Å². The van der Waals surface area contributed by atoms with Gasteiger partial charge in [0.15, 0.2) is 5.58 Å². The van der Waals surface area contributed by atoms with Crippen molar-refractivity contribution >= 4 is 26.8 Å². The van der Waals surface area contributed by atoms with Crippen molar-refractivity contribution in [2.45, 2.75) is 11.1 Å². The van der Waals surface area contributed by atoms with Gasteiger partial charge in [0.05, 0.1) is 16.0 Å². The van der Waals surface area contributed by atoms with Gasteiger partial charge in [0.2, 0.25) is 0 Å². The molecule has 0 fully saturated rings. The number of hydrogen-bond donors (Lipinski definition) is 2. The van der Waals surface area contributed by atoms with E-state index in [9.17, 15) is 26.4 Å². The molecule has 0 saturated carbocycles. The zero-order valence-electron chi connectivity index (χ0n) is 11.7. The maximum Gasteiger partial charge on any atom is 0.417 e. The Morgan fingerprint density at radius 2 is 1.71 bits per heavy atom. The highest BCUT2D eigenvalue weighted by atomic mass is 32.2. The average Bonchev–Trinajstić information content (AvgIpc) is 2.85. The van der Waals surface area contributed by atoms with E-state index in [0.29, 0.717) is 5.52 Å². The molecule has 6 nitrogen and oxygen atoms in total. The molecule has 0 amide bonds. The highest BCUT2D eigenvalue weighted by Gasteiger charge is 2.30. The number of H-pyrrole nitrogens is 1. The number of fused-ring (bicyclic) bond motifs is 1. The molecule has 24 heavy (non-hydrogen) atoms. The number of oxazole rings is 1. The van der Waals surface area contributed by atoms with E-state index in [2.05, 4.69) is 9.71 Å². The van der Waals surface area contributed by atoms with Gasteiger partial charge in [-0.3, -0.25) is 9.71 Å². The van der Waals surface area contributed by atoms with Crippen molar-refractivity contribution in [2.75, 3.05) is 4.72 Å². The summed E-state index contributed by atoms with van der Waals surface area (Å²) in [5.41, 5.74) is -0.539. The van der Waals surface area contributed by atoms with Crippen LogP contribution < -0.4 is 10.5 Å². The van der Waals surface area contributed by atoms with Crippen molar-refractivity contribution in [3.8, 4) is 0 Å². The second kappa shape index (κ2) is 5.41. The molecule has 0 saturated heterocycles. The Hall–Kier alpha value is -2.75. The molecule has 2 aromatic carbocycles. The van der Waals surface area contributed by atoms with E-state index in [1.54, 1.807) is 0 Å². The Morgan fingerprint density at radius 1 is 1.04 bits per heavy atom. The normalized spacial score (nSPS) is 12.5. The first kappa shape index (κ1) is 16.1. The van der Waals surface area contributed by atoms with Gasteiger partial charge in [-0.1, -0.05) is 0 Å². The molecular weight excluding hydrogens is 349 g/mol. The number of nitrogens with one attached hydrogen (secondary N) is 2. The molecule has 0 spiro atoms. The second-order valence-electron chi connectivity index (χ2n) is 4.85. The molecule has 0 atom stereocenters. The van der Waals surface area contributed by atoms with E-state index in [1.807, 2.05) is 0 Å². The van der Waals surface area contributed by atoms with Gasteiger partial charge >= 0.3 is 11.9 Å². The van der Waals surface area contributed by atoms with E-state index in [0.717, 1.165) is 30.3 Å². The van der Waals surface area contributed by atoms with Gasteiger partial charge in [-0.2, -0.15) is 13.2 Å². The lowest BCUT2D eigenvalue weighted by Crippen LogP contribution is -2.13. The van der Waals surface area contributed by atoms with E-state index >= 15 is 0 Å². The average molecular weight is 358 g/mol. The summed E-state index contributed by atoms with van der Waals surface area (Å²) in [6.07, 6.45) is -4.51. The van der Waals surface area contributed by atoms with Crippen molar-refractivity contribution in [1.29, 1.82) is 0 Å². The third-order valence-electron chi connectivity index (χ3n) is 3.17. The van der Waals surface area contributed by atoms with Crippen LogP contribution in [-0.4, -0.2) is 13.4 Å². The number of hydrogen-bond acceptors (Lipinski definition) is 4. The fourth-order valence-corrected chi connectivity index (χ4v) is 3.11. The van der Waals surface area contributed by atoms with Crippen molar-refractivity contribution in [1.82, 2.24) is 4.98 Å². The summed E-state index contributed by atoms with van der Waals surface area (Å²) in [6.45, 7) is 0. The number of aromatic nitrogens is 1. The molecule has 0 aliphatic heterocycles. The highest BCUT2D eigenvalue weighted by Crippen LogP contribution is 2.30. The standard InChI is InChI=1S/C14H9F3N2O4S/c15-14(16,17)8-1-3-9(4-2-8)19-24(21,22)10-5-6-11-12(7-10)23-13(20)18-11/h1-7,19H,(H,18,20). The van der Waals surface area contributed by atoms with Crippen LogP contribution in [0.2, 0.25) is 0 Å². The molecule has 0 bridgehead atoms. The van der Waals surface area contributed by atoms with E-state index in [4.69, 9.17) is 4.42 Å². The van der Waals surface area contributed by atoms with Crippen LogP contribution in [0.3, 0.4) is 0 Å². The molecule has 3 rings (SSSR count). The summed E-state index contributed by atoms with van der Waals surface area (Å²) in [5.74, 6) is -0.727. The quantitative estimate of drug-likeness (QED) is 0.753. The molecule has 1 aromatic heterocycles. The molecule has 0 aliphatic carbocycles. The van der Waals surface area contributed by atoms with E-state index < -0.39 is 27.5 Å². The minimum Gasteiger partial charge on any atom is -0.408 e. The lowest BCUT2D eigenvalue weighted by Gasteiger charge is -2.10. The van der Waals surface area contributed by atoms with E-state index in [-0.39, 0.29) is 16.2 Å². The van der Waals surface area contributed by atoms with Crippen LogP contribution in [0.4, 0.5) is 18.9 Å². The van der Waals surface area contributed by atoms with Gasteiger partial charge in [-0.25, -0.2) is 13.2 Å². The minimum absolute atomic E-state index is 0.0291. The Bertz CT molecular complexity index is 1050. The van der Waals surface area contributed by atoms with Crippen LogP contribution in [0.1, 0.15) is 5.56 Å². The Kier molecular flexibility index (Phi) is 3.63. The predicted molar refractivity (Wildman–Crippen MR) is 79.1 cm³/mol. The van der Waals surface area contributed by atoms with Crippen molar-refractivity contribution in [2.24, 2.45) is 0 Å². The first-order chi connectivity index (χ1) is 11.1. The lowest BCUT2D eigenvalue weighted by molar-refractivity contribution is -0.137. The minimum atomic E-state index is -4.51. The van der Waals surface area contributed by atoms with Crippen LogP contribution in [0.5, 0.6) is 0 Å². The number of benzene rings is 2. The Labute approximate surface area is 133 Å². The van der Waals surface area contributed by atoms with Crippen LogP contribution in [0, 0.1) is 0 Å². The number of anilines is 1. The highest BCUT2D eigenvalue weighted by molar-refractivity contribution is 7.92. The topological polar surface area (TPSA) is 92.2 Å². The van der Waals surface area contributed by atoms with Gasteiger partial charge in [0.1, 0.15) is 0 Å². The fraction of sp³-hybridized carbons (Fsp3) is 0.0714. The fourth-order valence-electron chi connectivity index (χ4n) is 2.03. The van der Waals surface area contributed by atoms with Gasteiger partial charge < -0.3 is 4.42 Å². The van der Waals surface area contributed by atoms with Gasteiger partial charge in [0.25, 0.3) is 10.0 Å². The number of aromatic amines is 1.